The van der Waals surface area contributed by atoms with E-state index in [2.05, 4.69) is 0 Å². The number of carboxylic acids is 1. The van der Waals surface area contributed by atoms with Crippen LogP contribution < -0.4 is 0 Å². The van der Waals surface area contributed by atoms with Crippen molar-refractivity contribution in [2.24, 2.45) is 5.92 Å². The van der Waals surface area contributed by atoms with Crippen LogP contribution in [0.25, 0.3) is 0 Å². The second kappa shape index (κ2) is 4.41. The molecule has 2 unspecified atom stereocenters. The molecule has 1 amide bonds. The van der Waals surface area contributed by atoms with Gasteiger partial charge in [0.1, 0.15) is 6.04 Å². The third-order valence-corrected chi connectivity index (χ3v) is 2.52. The number of carbonyl (C=O) groups is 2. The van der Waals surface area contributed by atoms with Gasteiger partial charge in [0.15, 0.2) is 0 Å². The Morgan fingerprint density at radius 2 is 2.21 bits per heavy atom. The van der Waals surface area contributed by atoms with Crippen LogP contribution in [0.15, 0.2) is 0 Å². The minimum absolute atomic E-state index is 0.234. The number of aliphatic hydroxyl groups is 1. The molecule has 5 heteroatoms. The van der Waals surface area contributed by atoms with Gasteiger partial charge in [0, 0.05) is 6.54 Å². The highest BCUT2D eigenvalue weighted by molar-refractivity contribution is 5.85. The first-order valence-electron chi connectivity index (χ1n) is 4.72. The third kappa shape index (κ3) is 2.04. The van der Waals surface area contributed by atoms with E-state index in [1.807, 2.05) is 0 Å². The Balaban J connectivity index is 2.67. The van der Waals surface area contributed by atoms with Crippen molar-refractivity contribution in [3.05, 3.63) is 0 Å². The fourth-order valence-electron chi connectivity index (χ4n) is 1.65. The van der Waals surface area contributed by atoms with Crippen LogP contribution in [0.4, 0.5) is 0 Å². The molecule has 0 aromatic carbocycles. The van der Waals surface area contributed by atoms with E-state index in [0.29, 0.717) is 13.0 Å². The first kappa shape index (κ1) is 11.0. The van der Waals surface area contributed by atoms with Gasteiger partial charge in [-0.1, -0.05) is 6.92 Å². The number of carboxylic acid groups (broad SMARTS) is 1. The number of carbonyl (C=O) groups excluding carboxylic acids is 1. The van der Waals surface area contributed by atoms with Gasteiger partial charge in [-0.15, -0.1) is 0 Å². The Labute approximate surface area is 82.3 Å². The highest BCUT2D eigenvalue weighted by atomic mass is 16.4. The molecular weight excluding hydrogens is 186 g/mol. The molecule has 5 nitrogen and oxygen atoms in total. The van der Waals surface area contributed by atoms with E-state index in [1.165, 1.54) is 4.90 Å². The van der Waals surface area contributed by atoms with Crippen LogP contribution in [0, 0.1) is 5.92 Å². The maximum atomic E-state index is 11.6. The maximum Gasteiger partial charge on any atom is 0.326 e. The summed E-state index contributed by atoms with van der Waals surface area (Å²) in [5, 5.41) is 17.6. The molecule has 0 aromatic heterocycles. The number of nitrogens with zero attached hydrogens (tertiary/aromatic N) is 1. The van der Waals surface area contributed by atoms with E-state index in [1.54, 1.807) is 6.92 Å². The van der Waals surface area contributed by atoms with Gasteiger partial charge in [0.05, 0.1) is 12.5 Å². The number of hydrogen-bond donors (Lipinski definition) is 2. The molecule has 1 fully saturated rings. The van der Waals surface area contributed by atoms with Gasteiger partial charge in [0.25, 0.3) is 0 Å². The Kier molecular flexibility index (Phi) is 3.46. The molecule has 2 atom stereocenters. The average Bonchev–Trinajstić information content (AvgIpc) is 2.63. The van der Waals surface area contributed by atoms with Crippen molar-refractivity contribution < 1.29 is 19.8 Å². The fourth-order valence-corrected chi connectivity index (χ4v) is 1.65. The van der Waals surface area contributed by atoms with Crippen LogP contribution in [-0.2, 0) is 9.59 Å². The zero-order valence-electron chi connectivity index (χ0n) is 8.14. The number of aliphatic carboxylic acids is 1. The van der Waals surface area contributed by atoms with Crippen molar-refractivity contribution >= 4 is 11.9 Å². The number of rotatable bonds is 3. The molecule has 0 aromatic rings. The van der Waals surface area contributed by atoms with Gasteiger partial charge >= 0.3 is 5.97 Å². The van der Waals surface area contributed by atoms with Gasteiger partial charge in [-0.05, 0) is 12.8 Å². The van der Waals surface area contributed by atoms with Crippen LogP contribution in [0.3, 0.4) is 0 Å². The number of likely N-dealkylation sites (tertiary alicyclic amines) is 1. The summed E-state index contributed by atoms with van der Waals surface area (Å²) in [5.41, 5.74) is 0. The average molecular weight is 201 g/mol. The topological polar surface area (TPSA) is 77.8 Å². The molecule has 0 aliphatic carbocycles. The highest BCUT2D eigenvalue weighted by Crippen LogP contribution is 2.19. The maximum absolute atomic E-state index is 11.6. The summed E-state index contributed by atoms with van der Waals surface area (Å²) in [6, 6.07) is -0.698. The quantitative estimate of drug-likeness (QED) is 0.656. The molecular formula is C9H15NO4. The summed E-state index contributed by atoms with van der Waals surface area (Å²) in [4.78, 5) is 23.7. The van der Waals surface area contributed by atoms with Crippen LogP contribution in [-0.4, -0.2) is 46.2 Å². The number of amides is 1. The van der Waals surface area contributed by atoms with E-state index >= 15 is 0 Å². The van der Waals surface area contributed by atoms with Crippen LogP contribution in [0.2, 0.25) is 0 Å². The largest absolute Gasteiger partial charge is 0.480 e. The van der Waals surface area contributed by atoms with Crippen LogP contribution in [0.1, 0.15) is 19.8 Å². The van der Waals surface area contributed by atoms with Crippen molar-refractivity contribution in [2.45, 2.75) is 25.8 Å². The predicted octanol–water partition coefficient (Wildman–Crippen LogP) is -0.310. The summed E-state index contributed by atoms with van der Waals surface area (Å²) in [7, 11) is 0. The Morgan fingerprint density at radius 1 is 1.57 bits per heavy atom. The molecule has 1 saturated heterocycles. The van der Waals surface area contributed by atoms with E-state index < -0.39 is 17.9 Å². The summed E-state index contributed by atoms with van der Waals surface area (Å²) < 4.78 is 0. The van der Waals surface area contributed by atoms with Crippen molar-refractivity contribution in [2.75, 3.05) is 13.2 Å². The zero-order chi connectivity index (χ0) is 10.7. The smallest absolute Gasteiger partial charge is 0.326 e. The minimum Gasteiger partial charge on any atom is -0.480 e. The van der Waals surface area contributed by atoms with Crippen molar-refractivity contribution in [1.82, 2.24) is 4.90 Å². The standard InChI is InChI=1S/C9H15NO4/c1-6(5-11)8(12)10-4-2-3-7(10)9(13)14/h6-7,11H,2-5H2,1H3,(H,13,14). The van der Waals surface area contributed by atoms with Gasteiger partial charge in [-0.25, -0.2) is 4.79 Å². The molecule has 0 saturated carbocycles. The number of aliphatic hydroxyl groups excluding tert-OH is 1. The van der Waals surface area contributed by atoms with E-state index in [-0.39, 0.29) is 12.5 Å². The second-order valence-corrected chi connectivity index (χ2v) is 3.61. The lowest BCUT2D eigenvalue weighted by atomic mass is 10.1. The molecule has 2 N–H and O–H groups in total. The monoisotopic (exact) mass is 201 g/mol. The molecule has 1 aliphatic rings. The van der Waals surface area contributed by atoms with Gasteiger partial charge < -0.3 is 15.1 Å². The Morgan fingerprint density at radius 3 is 2.71 bits per heavy atom. The normalized spacial score (nSPS) is 23.6. The lowest BCUT2D eigenvalue weighted by Crippen LogP contribution is -2.43. The van der Waals surface area contributed by atoms with Gasteiger partial charge in [-0.2, -0.15) is 0 Å². The molecule has 0 bridgehead atoms. The summed E-state index contributed by atoms with van der Waals surface area (Å²) in [6.45, 7) is 1.85. The van der Waals surface area contributed by atoms with Crippen molar-refractivity contribution in [3.8, 4) is 0 Å². The lowest BCUT2D eigenvalue weighted by Gasteiger charge is -2.23. The van der Waals surface area contributed by atoms with Crippen molar-refractivity contribution in [3.63, 3.8) is 0 Å². The van der Waals surface area contributed by atoms with Gasteiger partial charge in [-0.3, -0.25) is 4.79 Å². The lowest BCUT2D eigenvalue weighted by molar-refractivity contribution is -0.150. The zero-order valence-corrected chi connectivity index (χ0v) is 8.14. The fraction of sp³-hybridized carbons (Fsp3) is 0.778. The SMILES string of the molecule is CC(CO)C(=O)N1CCCC1C(=O)O. The Hall–Kier alpha value is -1.10. The van der Waals surface area contributed by atoms with E-state index in [0.717, 1.165) is 6.42 Å². The van der Waals surface area contributed by atoms with Crippen LogP contribution in [0.5, 0.6) is 0 Å². The Bertz CT molecular complexity index is 241. The molecule has 14 heavy (non-hydrogen) atoms. The summed E-state index contributed by atoms with van der Waals surface area (Å²) in [5.74, 6) is -1.73. The van der Waals surface area contributed by atoms with Crippen molar-refractivity contribution in [1.29, 1.82) is 0 Å². The summed E-state index contributed by atoms with van der Waals surface area (Å²) in [6.07, 6.45) is 1.24. The molecule has 1 rings (SSSR count). The molecule has 80 valence electrons. The molecule has 1 aliphatic heterocycles. The first-order valence-corrected chi connectivity index (χ1v) is 4.72. The highest BCUT2D eigenvalue weighted by Gasteiger charge is 2.35. The molecule has 0 radical (unpaired) electrons. The summed E-state index contributed by atoms with van der Waals surface area (Å²) >= 11 is 0. The molecule has 0 spiro atoms. The van der Waals surface area contributed by atoms with E-state index in [4.69, 9.17) is 10.2 Å². The third-order valence-electron chi connectivity index (χ3n) is 2.52. The predicted molar refractivity (Wildman–Crippen MR) is 48.6 cm³/mol. The minimum atomic E-state index is -0.957. The number of hydrogen-bond acceptors (Lipinski definition) is 3. The molecule has 1 heterocycles. The van der Waals surface area contributed by atoms with Gasteiger partial charge in [0.2, 0.25) is 5.91 Å². The van der Waals surface area contributed by atoms with E-state index in [9.17, 15) is 9.59 Å². The first-order chi connectivity index (χ1) is 6.57. The van der Waals surface area contributed by atoms with Crippen LogP contribution >= 0.6 is 0 Å². The second-order valence-electron chi connectivity index (χ2n) is 3.61.